The maximum Gasteiger partial charge on any atom is 0.165 e. The van der Waals surface area contributed by atoms with Crippen molar-refractivity contribution in [3.63, 3.8) is 0 Å². The first kappa shape index (κ1) is 13.3. The minimum atomic E-state index is -0.879. The standard InChI is InChI=1S/C14H8ClF2NO/c15-12(8-18)9-1-6-13(17)14(7-9)19-11-4-2-10(16)3-5-11/h1-7,12H. The van der Waals surface area contributed by atoms with Gasteiger partial charge in [-0.3, -0.25) is 0 Å². The van der Waals surface area contributed by atoms with Crippen LogP contribution in [0.25, 0.3) is 0 Å². The summed E-state index contributed by atoms with van der Waals surface area (Å²) in [4.78, 5) is 0. The van der Waals surface area contributed by atoms with E-state index in [2.05, 4.69) is 0 Å². The number of nitrogens with zero attached hydrogens (tertiary/aromatic N) is 1. The van der Waals surface area contributed by atoms with E-state index in [0.717, 1.165) is 0 Å². The summed E-state index contributed by atoms with van der Waals surface area (Å²) in [6.07, 6.45) is 0. The molecule has 19 heavy (non-hydrogen) atoms. The number of hydrogen-bond acceptors (Lipinski definition) is 2. The van der Waals surface area contributed by atoms with Crippen molar-refractivity contribution < 1.29 is 13.5 Å². The number of benzene rings is 2. The van der Waals surface area contributed by atoms with Crippen LogP contribution in [-0.4, -0.2) is 0 Å². The molecule has 2 rings (SSSR count). The molecule has 96 valence electrons. The second-order valence-electron chi connectivity index (χ2n) is 3.74. The van der Waals surface area contributed by atoms with Crippen molar-refractivity contribution in [2.24, 2.45) is 0 Å². The van der Waals surface area contributed by atoms with Gasteiger partial charge in [-0.1, -0.05) is 6.07 Å². The van der Waals surface area contributed by atoms with Crippen LogP contribution in [0.3, 0.4) is 0 Å². The SMILES string of the molecule is N#CC(Cl)c1ccc(F)c(Oc2ccc(F)cc2)c1. The van der Waals surface area contributed by atoms with Crippen LogP contribution in [0, 0.1) is 23.0 Å². The molecule has 0 amide bonds. The molecule has 0 saturated carbocycles. The van der Waals surface area contributed by atoms with E-state index in [1.165, 1.54) is 42.5 Å². The van der Waals surface area contributed by atoms with Gasteiger partial charge in [-0.05, 0) is 42.0 Å². The lowest BCUT2D eigenvalue weighted by atomic mass is 10.1. The number of ether oxygens (including phenoxy) is 1. The highest BCUT2D eigenvalue weighted by molar-refractivity contribution is 6.22. The minimum absolute atomic E-state index is 0.0648. The Hall–Kier alpha value is -2.12. The molecular weight excluding hydrogens is 272 g/mol. The molecule has 1 unspecified atom stereocenters. The van der Waals surface area contributed by atoms with E-state index in [0.29, 0.717) is 11.3 Å². The highest BCUT2D eigenvalue weighted by atomic mass is 35.5. The van der Waals surface area contributed by atoms with Crippen molar-refractivity contribution in [3.8, 4) is 17.6 Å². The zero-order valence-electron chi connectivity index (χ0n) is 9.61. The average Bonchev–Trinajstić information content (AvgIpc) is 2.43. The minimum Gasteiger partial charge on any atom is -0.454 e. The molecule has 0 aromatic heterocycles. The van der Waals surface area contributed by atoms with Crippen LogP contribution in [0.1, 0.15) is 10.9 Å². The predicted molar refractivity (Wildman–Crippen MR) is 67.1 cm³/mol. The Kier molecular flexibility index (Phi) is 3.98. The van der Waals surface area contributed by atoms with Crippen LogP contribution in [0.2, 0.25) is 0 Å². The lowest BCUT2D eigenvalue weighted by Gasteiger charge is -2.09. The molecule has 0 spiro atoms. The van der Waals surface area contributed by atoms with Crippen LogP contribution in [0.5, 0.6) is 11.5 Å². The van der Waals surface area contributed by atoms with Crippen LogP contribution >= 0.6 is 11.6 Å². The number of nitriles is 1. The summed E-state index contributed by atoms with van der Waals surface area (Å²) in [5.74, 6) is -0.771. The Morgan fingerprint density at radius 3 is 2.42 bits per heavy atom. The molecule has 0 bridgehead atoms. The molecule has 2 aromatic carbocycles. The second kappa shape index (κ2) is 5.68. The molecule has 2 aromatic rings. The summed E-state index contributed by atoms with van der Waals surface area (Å²) in [6.45, 7) is 0. The van der Waals surface area contributed by atoms with Gasteiger partial charge in [0.1, 0.15) is 16.9 Å². The molecule has 0 radical (unpaired) electrons. The van der Waals surface area contributed by atoms with E-state index < -0.39 is 17.0 Å². The molecule has 0 aliphatic rings. The van der Waals surface area contributed by atoms with Gasteiger partial charge >= 0.3 is 0 Å². The highest BCUT2D eigenvalue weighted by Crippen LogP contribution is 2.29. The Labute approximate surface area is 113 Å². The van der Waals surface area contributed by atoms with E-state index in [1.54, 1.807) is 0 Å². The summed E-state index contributed by atoms with van der Waals surface area (Å²) in [5, 5.41) is 7.83. The Morgan fingerprint density at radius 2 is 1.79 bits per heavy atom. The fourth-order valence-electron chi connectivity index (χ4n) is 1.46. The first-order chi connectivity index (χ1) is 9.10. The van der Waals surface area contributed by atoms with Crippen molar-refractivity contribution >= 4 is 11.6 Å². The molecule has 0 N–H and O–H groups in total. The number of alkyl halides is 1. The first-order valence-corrected chi connectivity index (χ1v) is 5.80. The number of halogens is 3. The summed E-state index contributed by atoms with van der Waals surface area (Å²) >= 11 is 5.75. The fraction of sp³-hybridized carbons (Fsp3) is 0.0714. The molecule has 0 aliphatic carbocycles. The Balaban J connectivity index is 2.29. The van der Waals surface area contributed by atoms with Crippen LogP contribution in [0.15, 0.2) is 42.5 Å². The van der Waals surface area contributed by atoms with Crippen LogP contribution in [0.4, 0.5) is 8.78 Å². The Bertz CT molecular complexity index is 622. The van der Waals surface area contributed by atoms with E-state index >= 15 is 0 Å². The van der Waals surface area contributed by atoms with Gasteiger partial charge in [0.05, 0.1) is 6.07 Å². The second-order valence-corrected chi connectivity index (χ2v) is 4.17. The predicted octanol–water partition coefficient (Wildman–Crippen LogP) is 4.56. The van der Waals surface area contributed by atoms with Crippen LogP contribution < -0.4 is 4.74 Å². The molecule has 0 aliphatic heterocycles. The maximum atomic E-state index is 13.6. The normalized spacial score (nSPS) is 11.7. The van der Waals surface area contributed by atoms with E-state index in [-0.39, 0.29) is 5.75 Å². The quantitative estimate of drug-likeness (QED) is 0.772. The van der Waals surface area contributed by atoms with Gasteiger partial charge in [0.25, 0.3) is 0 Å². The summed E-state index contributed by atoms with van der Waals surface area (Å²) < 4.78 is 31.6. The van der Waals surface area contributed by atoms with E-state index in [4.69, 9.17) is 21.6 Å². The molecule has 5 heteroatoms. The highest BCUT2D eigenvalue weighted by Gasteiger charge is 2.11. The molecule has 0 heterocycles. The lowest BCUT2D eigenvalue weighted by molar-refractivity contribution is 0.440. The third-order valence-corrected chi connectivity index (χ3v) is 2.75. The van der Waals surface area contributed by atoms with Crippen molar-refractivity contribution in [2.75, 3.05) is 0 Å². The summed E-state index contributed by atoms with van der Waals surface area (Å²) in [5.41, 5.74) is 0.433. The number of hydrogen-bond donors (Lipinski definition) is 0. The maximum absolute atomic E-state index is 13.6. The molecule has 0 saturated heterocycles. The number of rotatable bonds is 3. The fourth-order valence-corrected chi connectivity index (χ4v) is 1.60. The zero-order valence-corrected chi connectivity index (χ0v) is 10.4. The molecule has 1 atom stereocenters. The van der Waals surface area contributed by atoms with Crippen molar-refractivity contribution in [3.05, 3.63) is 59.7 Å². The lowest BCUT2D eigenvalue weighted by Crippen LogP contribution is -1.93. The van der Waals surface area contributed by atoms with Gasteiger partial charge in [-0.15, -0.1) is 11.6 Å². The van der Waals surface area contributed by atoms with Gasteiger partial charge in [-0.2, -0.15) is 5.26 Å². The third-order valence-electron chi connectivity index (χ3n) is 2.40. The van der Waals surface area contributed by atoms with E-state index in [9.17, 15) is 8.78 Å². The largest absolute Gasteiger partial charge is 0.454 e. The van der Waals surface area contributed by atoms with E-state index in [1.807, 2.05) is 6.07 Å². The smallest absolute Gasteiger partial charge is 0.165 e. The topological polar surface area (TPSA) is 33.0 Å². The van der Waals surface area contributed by atoms with Crippen molar-refractivity contribution in [1.82, 2.24) is 0 Å². The summed E-state index contributed by atoms with van der Waals surface area (Å²) in [7, 11) is 0. The summed E-state index contributed by atoms with van der Waals surface area (Å²) in [6, 6.07) is 10.9. The van der Waals surface area contributed by atoms with Crippen molar-refractivity contribution in [1.29, 1.82) is 5.26 Å². The van der Waals surface area contributed by atoms with Crippen LogP contribution in [-0.2, 0) is 0 Å². The van der Waals surface area contributed by atoms with Crippen molar-refractivity contribution in [2.45, 2.75) is 5.38 Å². The monoisotopic (exact) mass is 279 g/mol. The third kappa shape index (κ3) is 3.21. The molecular formula is C14H8ClF2NO. The molecule has 2 nitrogen and oxygen atoms in total. The van der Waals surface area contributed by atoms with Gasteiger partial charge in [-0.25, -0.2) is 8.78 Å². The molecule has 0 fully saturated rings. The zero-order chi connectivity index (χ0) is 13.8. The average molecular weight is 280 g/mol. The Morgan fingerprint density at radius 1 is 1.11 bits per heavy atom. The first-order valence-electron chi connectivity index (χ1n) is 5.36. The van der Waals surface area contributed by atoms with Gasteiger partial charge in [0.15, 0.2) is 11.6 Å². The van der Waals surface area contributed by atoms with Gasteiger partial charge in [0.2, 0.25) is 0 Å². The van der Waals surface area contributed by atoms with Gasteiger partial charge in [0, 0.05) is 0 Å². The van der Waals surface area contributed by atoms with Gasteiger partial charge < -0.3 is 4.74 Å².